The molecule has 15 heavy (non-hydrogen) atoms. The van der Waals surface area contributed by atoms with Crippen molar-refractivity contribution in [2.75, 3.05) is 0 Å². The number of carbonyl (C=O) groups excluding carboxylic acids is 2. The van der Waals surface area contributed by atoms with Gasteiger partial charge in [0.2, 0.25) is 5.91 Å². The van der Waals surface area contributed by atoms with Crippen LogP contribution in [0.15, 0.2) is 12.7 Å². The van der Waals surface area contributed by atoms with E-state index in [1.807, 2.05) is 0 Å². The van der Waals surface area contributed by atoms with Crippen molar-refractivity contribution < 1.29 is 24.2 Å². The van der Waals surface area contributed by atoms with Crippen LogP contribution in [0.3, 0.4) is 0 Å². The van der Waals surface area contributed by atoms with Crippen LogP contribution in [0.4, 0.5) is 0 Å². The van der Waals surface area contributed by atoms with Crippen molar-refractivity contribution in [1.82, 2.24) is 5.32 Å². The second-order valence-corrected chi connectivity index (χ2v) is 2.74. The molecule has 0 bridgehead atoms. The summed E-state index contributed by atoms with van der Waals surface area (Å²) in [6, 6.07) is 0. The minimum Gasteiger partial charge on any atom is -0.481 e. The van der Waals surface area contributed by atoms with Crippen molar-refractivity contribution in [3.63, 3.8) is 0 Å². The summed E-state index contributed by atoms with van der Waals surface area (Å²) >= 11 is 0. The van der Waals surface area contributed by atoms with Crippen molar-refractivity contribution in [2.45, 2.75) is 26.0 Å². The van der Waals surface area contributed by atoms with Gasteiger partial charge in [-0.1, -0.05) is 6.58 Å². The number of aliphatic carboxylic acids is 1. The summed E-state index contributed by atoms with van der Waals surface area (Å²) < 4.78 is 4.69. The summed E-state index contributed by atoms with van der Waals surface area (Å²) in [5.74, 6) is -2.21. The molecule has 0 fully saturated rings. The first-order chi connectivity index (χ1) is 6.95. The van der Waals surface area contributed by atoms with Gasteiger partial charge in [-0.25, -0.2) is 0 Å². The molecule has 2 N–H and O–H groups in total. The molecule has 84 valence electrons. The van der Waals surface area contributed by atoms with Crippen LogP contribution in [0.2, 0.25) is 0 Å². The van der Waals surface area contributed by atoms with Gasteiger partial charge in [-0.2, -0.15) is 0 Å². The standard InChI is InChI=1S/C9H13NO5/c1-3-7(11)10-6(2)15-9(14)5-4-8(12)13/h3,6H,1,4-5H2,2H3,(H,10,11)(H,12,13). The van der Waals surface area contributed by atoms with E-state index in [1.54, 1.807) is 0 Å². The van der Waals surface area contributed by atoms with E-state index in [0.29, 0.717) is 0 Å². The van der Waals surface area contributed by atoms with Crippen LogP contribution in [0.1, 0.15) is 19.8 Å². The number of carboxylic acid groups (broad SMARTS) is 1. The minimum absolute atomic E-state index is 0.219. The molecule has 0 saturated heterocycles. The Hall–Kier alpha value is -1.85. The first kappa shape index (κ1) is 13.2. The highest BCUT2D eigenvalue weighted by molar-refractivity contribution is 5.87. The molecule has 0 aliphatic carbocycles. The van der Waals surface area contributed by atoms with Gasteiger partial charge < -0.3 is 15.2 Å². The van der Waals surface area contributed by atoms with E-state index in [-0.39, 0.29) is 12.8 Å². The van der Waals surface area contributed by atoms with Crippen LogP contribution in [0, 0.1) is 0 Å². The van der Waals surface area contributed by atoms with Gasteiger partial charge in [-0.05, 0) is 13.0 Å². The number of carboxylic acids is 1. The van der Waals surface area contributed by atoms with Gasteiger partial charge in [0.15, 0.2) is 6.23 Å². The molecule has 0 spiro atoms. The molecule has 0 aromatic carbocycles. The monoisotopic (exact) mass is 215 g/mol. The predicted molar refractivity (Wildman–Crippen MR) is 50.8 cm³/mol. The second-order valence-electron chi connectivity index (χ2n) is 2.74. The number of hydrogen-bond donors (Lipinski definition) is 2. The number of amides is 1. The van der Waals surface area contributed by atoms with E-state index in [1.165, 1.54) is 6.92 Å². The van der Waals surface area contributed by atoms with Gasteiger partial charge in [0.25, 0.3) is 0 Å². The fourth-order valence-electron chi connectivity index (χ4n) is 0.754. The molecule has 0 rings (SSSR count). The van der Waals surface area contributed by atoms with Gasteiger partial charge in [0.1, 0.15) is 0 Å². The molecule has 0 heterocycles. The summed E-state index contributed by atoms with van der Waals surface area (Å²) in [5, 5.41) is 10.6. The third kappa shape index (κ3) is 7.24. The van der Waals surface area contributed by atoms with E-state index >= 15 is 0 Å². The Balaban J connectivity index is 3.80. The Morgan fingerprint density at radius 3 is 2.53 bits per heavy atom. The van der Waals surface area contributed by atoms with Crippen molar-refractivity contribution >= 4 is 17.8 Å². The van der Waals surface area contributed by atoms with Crippen molar-refractivity contribution in [2.24, 2.45) is 0 Å². The molecule has 0 radical (unpaired) electrons. The molecule has 0 aromatic rings. The lowest BCUT2D eigenvalue weighted by Gasteiger charge is -2.13. The molecular formula is C9H13NO5. The predicted octanol–water partition coefficient (Wildman–Crippen LogP) is 0.0426. The molecule has 6 heteroatoms. The SMILES string of the molecule is C=CC(=O)NC(C)OC(=O)CCC(=O)O. The van der Waals surface area contributed by atoms with Crippen LogP contribution in [-0.4, -0.2) is 29.2 Å². The maximum Gasteiger partial charge on any atom is 0.308 e. The van der Waals surface area contributed by atoms with E-state index < -0.39 is 24.1 Å². The van der Waals surface area contributed by atoms with Gasteiger partial charge in [-0.3, -0.25) is 14.4 Å². The van der Waals surface area contributed by atoms with Gasteiger partial charge in [0.05, 0.1) is 12.8 Å². The Bertz CT molecular complexity index is 274. The number of esters is 1. The van der Waals surface area contributed by atoms with Crippen LogP contribution < -0.4 is 5.32 Å². The molecule has 6 nitrogen and oxygen atoms in total. The zero-order chi connectivity index (χ0) is 11.8. The van der Waals surface area contributed by atoms with Crippen LogP contribution in [0.25, 0.3) is 0 Å². The molecule has 1 unspecified atom stereocenters. The molecule has 1 amide bonds. The first-order valence-electron chi connectivity index (χ1n) is 4.30. The quantitative estimate of drug-likeness (QED) is 0.371. The van der Waals surface area contributed by atoms with Crippen LogP contribution in [0.5, 0.6) is 0 Å². The fourth-order valence-corrected chi connectivity index (χ4v) is 0.754. The van der Waals surface area contributed by atoms with Crippen molar-refractivity contribution in [1.29, 1.82) is 0 Å². The van der Waals surface area contributed by atoms with E-state index in [0.717, 1.165) is 6.08 Å². The third-order valence-corrected chi connectivity index (χ3v) is 1.38. The zero-order valence-corrected chi connectivity index (χ0v) is 8.36. The zero-order valence-electron chi connectivity index (χ0n) is 8.36. The highest BCUT2D eigenvalue weighted by atomic mass is 16.6. The number of nitrogens with one attached hydrogen (secondary N) is 1. The second kappa shape index (κ2) is 6.58. The Morgan fingerprint density at radius 1 is 1.47 bits per heavy atom. The third-order valence-electron chi connectivity index (χ3n) is 1.38. The summed E-state index contributed by atoms with van der Waals surface area (Å²) in [6.07, 6.45) is -0.261. The topological polar surface area (TPSA) is 92.7 Å². The van der Waals surface area contributed by atoms with Gasteiger partial charge in [-0.15, -0.1) is 0 Å². The lowest BCUT2D eigenvalue weighted by Crippen LogP contribution is -2.34. The normalized spacial score (nSPS) is 11.3. The maximum atomic E-state index is 11.0. The Labute approximate surface area is 86.9 Å². The first-order valence-corrected chi connectivity index (χ1v) is 4.30. The van der Waals surface area contributed by atoms with Gasteiger partial charge >= 0.3 is 11.9 Å². The fraction of sp³-hybridized carbons (Fsp3) is 0.444. The summed E-state index contributed by atoms with van der Waals surface area (Å²) in [4.78, 5) is 31.8. The number of hydrogen-bond acceptors (Lipinski definition) is 4. The maximum absolute atomic E-state index is 11.0. The van der Waals surface area contributed by atoms with Crippen LogP contribution in [-0.2, 0) is 19.1 Å². The lowest BCUT2D eigenvalue weighted by atomic mass is 10.3. The summed E-state index contributed by atoms with van der Waals surface area (Å²) in [5.41, 5.74) is 0. The van der Waals surface area contributed by atoms with E-state index in [9.17, 15) is 14.4 Å². The molecular weight excluding hydrogens is 202 g/mol. The number of carbonyl (C=O) groups is 3. The average Bonchev–Trinajstić information content (AvgIpc) is 2.14. The molecule has 0 aliphatic rings. The summed E-state index contributed by atoms with van der Waals surface area (Å²) in [7, 11) is 0. The smallest absolute Gasteiger partial charge is 0.308 e. The lowest BCUT2D eigenvalue weighted by molar-refractivity contribution is -0.153. The van der Waals surface area contributed by atoms with E-state index in [2.05, 4.69) is 11.9 Å². The van der Waals surface area contributed by atoms with Crippen molar-refractivity contribution in [3.05, 3.63) is 12.7 Å². The van der Waals surface area contributed by atoms with E-state index in [4.69, 9.17) is 9.84 Å². The number of ether oxygens (including phenoxy) is 1. The molecule has 0 saturated carbocycles. The molecule has 0 aromatic heterocycles. The Morgan fingerprint density at radius 2 is 2.07 bits per heavy atom. The molecule has 0 aliphatic heterocycles. The van der Waals surface area contributed by atoms with Crippen molar-refractivity contribution in [3.8, 4) is 0 Å². The average molecular weight is 215 g/mol. The number of rotatable bonds is 6. The van der Waals surface area contributed by atoms with Gasteiger partial charge in [0, 0.05) is 0 Å². The Kier molecular flexibility index (Phi) is 5.77. The highest BCUT2D eigenvalue weighted by Gasteiger charge is 2.11. The highest BCUT2D eigenvalue weighted by Crippen LogP contribution is 1.96. The summed E-state index contributed by atoms with van der Waals surface area (Å²) in [6.45, 7) is 4.68. The molecule has 1 atom stereocenters. The minimum atomic E-state index is -1.07. The van der Waals surface area contributed by atoms with Crippen LogP contribution >= 0.6 is 0 Å². The largest absolute Gasteiger partial charge is 0.481 e.